The van der Waals surface area contributed by atoms with Gasteiger partial charge in [0.25, 0.3) is 0 Å². The molecule has 0 fully saturated rings. The summed E-state index contributed by atoms with van der Waals surface area (Å²) in [5.74, 6) is 0. The van der Waals surface area contributed by atoms with Crippen molar-refractivity contribution >= 4 is 23.0 Å². The van der Waals surface area contributed by atoms with Crippen LogP contribution in [-0.2, 0) is 0 Å². The maximum absolute atomic E-state index is 6.17. The largest absolute Gasteiger partial charge is 0.399 e. The van der Waals surface area contributed by atoms with Gasteiger partial charge in [0.1, 0.15) is 0 Å². The lowest BCUT2D eigenvalue weighted by Gasteiger charge is -2.25. The van der Waals surface area contributed by atoms with E-state index in [1.807, 2.05) is 18.2 Å². The molecule has 0 saturated carbocycles. The molecule has 84 valence electrons. The Hall–Kier alpha value is -0.890. The lowest BCUT2D eigenvalue weighted by Crippen LogP contribution is -2.25. The molecule has 0 amide bonds. The van der Waals surface area contributed by atoms with Gasteiger partial charge in [-0.15, -0.1) is 0 Å². The van der Waals surface area contributed by atoms with Crippen LogP contribution in [0.15, 0.2) is 18.2 Å². The average molecular weight is 227 g/mol. The van der Waals surface area contributed by atoms with Crippen molar-refractivity contribution in [2.24, 2.45) is 0 Å². The summed E-state index contributed by atoms with van der Waals surface area (Å²) in [7, 11) is 0. The van der Waals surface area contributed by atoms with E-state index in [1.54, 1.807) is 0 Å². The third-order valence-electron chi connectivity index (χ3n) is 2.30. The fourth-order valence-electron chi connectivity index (χ4n) is 1.66. The summed E-state index contributed by atoms with van der Waals surface area (Å²) >= 11 is 6.17. The lowest BCUT2D eigenvalue weighted by molar-refractivity contribution is 0.745. The average Bonchev–Trinajstić information content (AvgIpc) is 2.21. The van der Waals surface area contributed by atoms with Crippen molar-refractivity contribution < 1.29 is 0 Å². The van der Waals surface area contributed by atoms with Gasteiger partial charge >= 0.3 is 0 Å². The number of hydrogen-bond acceptors (Lipinski definition) is 2. The first-order chi connectivity index (χ1) is 7.19. The zero-order valence-corrected chi connectivity index (χ0v) is 10.2. The molecule has 1 aromatic rings. The van der Waals surface area contributed by atoms with Crippen molar-refractivity contribution in [1.29, 1.82) is 0 Å². The van der Waals surface area contributed by atoms with Crippen molar-refractivity contribution in [3.05, 3.63) is 23.2 Å². The molecule has 0 aliphatic heterocycles. The van der Waals surface area contributed by atoms with E-state index in [1.165, 1.54) is 0 Å². The van der Waals surface area contributed by atoms with E-state index in [-0.39, 0.29) is 0 Å². The van der Waals surface area contributed by atoms with E-state index < -0.39 is 0 Å². The van der Waals surface area contributed by atoms with Crippen molar-refractivity contribution in [3.8, 4) is 0 Å². The first-order valence-corrected chi connectivity index (χ1v) is 5.86. The van der Waals surface area contributed by atoms with Crippen LogP contribution in [0.3, 0.4) is 0 Å². The maximum Gasteiger partial charge on any atom is 0.0641 e. The van der Waals surface area contributed by atoms with Crippen LogP contribution in [0.2, 0.25) is 5.02 Å². The summed E-state index contributed by atoms with van der Waals surface area (Å²) in [5, 5.41) is 0.783. The highest BCUT2D eigenvalue weighted by atomic mass is 35.5. The third-order valence-corrected chi connectivity index (χ3v) is 2.62. The topological polar surface area (TPSA) is 29.3 Å². The zero-order chi connectivity index (χ0) is 11.3. The monoisotopic (exact) mass is 226 g/mol. The minimum atomic E-state index is 0.770. The molecule has 1 aromatic carbocycles. The fraction of sp³-hybridized carbons (Fsp3) is 0.500. The Labute approximate surface area is 97.0 Å². The molecule has 15 heavy (non-hydrogen) atoms. The number of nitrogens with two attached hydrogens (primary N) is 1. The van der Waals surface area contributed by atoms with Crippen molar-refractivity contribution in [1.82, 2.24) is 0 Å². The second kappa shape index (κ2) is 5.86. The van der Waals surface area contributed by atoms with Gasteiger partial charge in [-0.1, -0.05) is 25.4 Å². The van der Waals surface area contributed by atoms with E-state index in [2.05, 4.69) is 18.7 Å². The Bertz CT molecular complexity index is 306. The molecule has 0 atom stereocenters. The van der Waals surface area contributed by atoms with Crippen LogP contribution in [0.1, 0.15) is 26.7 Å². The van der Waals surface area contributed by atoms with Gasteiger partial charge in [0.2, 0.25) is 0 Å². The molecule has 3 heteroatoms. The molecule has 0 spiro atoms. The number of nitrogens with zero attached hydrogens (tertiary/aromatic N) is 1. The summed E-state index contributed by atoms with van der Waals surface area (Å²) in [4.78, 5) is 2.29. The standard InChI is InChI=1S/C12H19ClN2/c1-3-7-15(8-4-2)12-9-10(14)5-6-11(12)13/h5-6,9H,3-4,7-8,14H2,1-2H3. The Morgan fingerprint density at radius 2 is 1.80 bits per heavy atom. The molecule has 1 rings (SSSR count). The SMILES string of the molecule is CCCN(CCC)c1cc(N)ccc1Cl. The number of nitrogen functional groups attached to an aromatic ring is 1. The molecular formula is C12H19ClN2. The van der Waals surface area contributed by atoms with Gasteiger partial charge in [0, 0.05) is 18.8 Å². The summed E-state index contributed by atoms with van der Waals surface area (Å²) in [6.45, 7) is 6.39. The zero-order valence-electron chi connectivity index (χ0n) is 9.46. The van der Waals surface area contributed by atoms with Gasteiger partial charge in [-0.2, -0.15) is 0 Å². The van der Waals surface area contributed by atoms with Gasteiger partial charge < -0.3 is 10.6 Å². The predicted molar refractivity (Wildman–Crippen MR) is 68.7 cm³/mol. The van der Waals surface area contributed by atoms with Gasteiger partial charge in [0.15, 0.2) is 0 Å². The highest BCUT2D eigenvalue weighted by molar-refractivity contribution is 6.33. The Morgan fingerprint density at radius 1 is 1.20 bits per heavy atom. The van der Waals surface area contributed by atoms with Crippen LogP contribution in [0, 0.1) is 0 Å². The number of rotatable bonds is 5. The first-order valence-electron chi connectivity index (χ1n) is 5.49. The third kappa shape index (κ3) is 3.31. The first kappa shape index (κ1) is 12.2. The smallest absolute Gasteiger partial charge is 0.0641 e. The number of halogens is 1. The molecule has 2 nitrogen and oxygen atoms in total. The molecule has 0 heterocycles. The van der Waals surface area contributed by atoms with E-state index in [0.29, 0.717) is 0 Å². The highest BCUT2D eigenvalue weighted by Crippen LogP contribution is 2.28. The quantitative estimate of drug-likeness (QED) is 0.779. The second-order valence-electron chi connectivity index (χ2n) is 3.70. The van der Waals surface area contributed by atoms with Crippen LogP contribution in [0.5, 0.6) is 0 Å². The minimum Gasteiger partial charge on any atom is -0.399 e. The molecule has 0 saturated heterocycles. The summed E-state index contributed by atoms with van der Waals surface area (Å²) in [6.07, 6.45) is 2.23. The molecule has 0 aliphatic rings. The summed E-state index contributed by atoms with van der Waals surface area (Å²) < 4.78 is 0. The van der Waals surface area contributed by atoms with Crippen LogP contribution < -0.4 is 10.6 Å². The number of hydrogen-bond donors (Lipinski definition) is 1. The minimum absolute atomic E-state index is 0.770. The van der Waals surface area contributed by atoms with Gasteiger partial charge in [-0.05, 0) is 31.0 Å². The van der Waals surface area contributed by atoms with Crippen LogP contribution >= 0.6 is 11.6 Å². The van der Waals surface area contributed by atoms with Crippen LogP contribution in [-0.4, -0.2) is 13.1 Å². The van der Waals surface area contributed by atoms with Crippen molar-refractivity contribution in [3.63, 3.8) is 0 Å². The Balaban J connectivity index is 2.93. The van der Waals surface area contributed by atoms with Crippen LogP contribution in [0.4, 0.5) is 11.4 Å². The molecular weight excluding hydrogens is 208 g/mol. The molecule has 0 bridgehead atoms. The molecule has 2 N–H and O–H groups in total. The van der Waals surface area contributed by atoms with E-state index in [4.69, 9.17) is 17.3 Å². The van der Waals surface area contributed by atoms with E-state index in [0.717, 1.165) is 42.3 Å². The normalized spacial score (nSPS) is 10.3. The Kier molecular flexibility index (Phi) is 4.76. The fourth-order valence-corrected chi connectivity index (χ4v) is 1.90. The molecule has 0 radical (unpaired) electrons. The highest BCUT2D eigenvalue weighted by Gasteiger charge is 2.08. The second-order valence-corrected chi connectivity index (χ2v) is 4.11. The molecule has 0 aromatic heterocycles. The van der Waals surface area contributed by atoms with E-state index >= 15 is 0 Å². The Morgan fingerprint density at radius 3 is 2.33 bits per heavy atom. The molecule has 0 unspecified atom stereocenters. The summed E-state index contributed by atoms with van der Waals surface area (Å²) in [5.41, 5.74) is 7.60. The number of benzene rings is 1. The van der Waals surface area contributed by atoms with Crippen molar-refractivity contribution in [2.45, 2.75) is 26.7 Å². The van der Waals surface area contributed by atoms with Crippen LogP contribution in [0.25, 0.3) is 0 Å². The number of anilines is 2. The van der Waals surface area contributed by atoms with E-state index in [9.17, 15) is 0 Å². The van der Waals surface area contributed by atoms with Gasteiger partial charge in [-0.25, -0.2) is 0 Å². The van der Waals surface area contributed by atoms with Gasteiger partial charge in [-0.3, -0.25) is 0 Å². The van der Waals surface area contributed by atoms with Gasteiger partial charge in [0.05, 0.1) is 10.7 Å². The predicted octanol–water partition coefficient (Wildman–Crippen LogP) is 3.55. The lowest BCUT2D eigenvalue weighted by atomic mass is 10.2. The summed E-state index contributed by atoms with van der Waals surface area (Å²) in [6, 6.07) is 5.65. The maximum atomic E-state index is 6.17. The van der Waals surface area contributed by atoms with Crippen molar-refractivity contribution in [2.75, 3.05) is 23.7 Å². The molecule has 0 aliphatic carbocycles.